The Morgan fingerprint density at radius 1 is 1.29 bits per heavy atom. The molecule has 0 N–H and O–H groups in total. The highest BCUT2D eigenvalue weighted by atomic mass is 32.0. The Morgan fingerprint density at radius 2 is 2.18 bits per heavy atom. The summed E-state index contributed by atoms with van der Waals surface area (Å²) in [7, 11) is 5.82. The fourth-order valence-electron chi connectivity index (χ4n) is 1.72. The second-order valence-corrected chi connectivity index (χ2v) is 5.53. The summed E-state index contributed by atoms with van der Waals surface area (Å²) in [6, 6.07) is 2.01. The van der Waals surface area contributed by atoms with Crippen LogP contribution >= 0.6 is 26.7 Å². The molecule has 17 heavy (non-hydrogen) atoms. The number of rotatable bonds is 2. The lowest BCUT2D eigenvalue weighted by Crippen LogP contribution is -1.87. The number of aromatic nitrogens is 5. The second-order valence-electron chi connectivity index (χ2n) is 3.49. The van der Waals surface area contributed by atoms with Crippen LogP contribution in [0.15, 0.2) is 31.0 Å². The Hall–Kier alpha value is -0.880. The van der Waals surface area contributed by atoms with Gasteiger partial charge in [-0.05, 0) is 15.5 Å². The van der Waals surface area contributed by atoms with Gasteiger partial charge in [0, 0.05) is 31.8 Å². The first-order valence-corrected chi connectivity index (χ1v) is 8.15. The summed E-state index contributed by atoms with van der Waals surface area (Å²) in [5.74, 6) is 0. The molecule has 0 aliphatic rings. The molecule has 0 saturated carbocycles. The van der Waals surface area contributed by atoms with Gasteiger partial charge in [0.25, 0.3) is 0 Å². The fraction of sp³-hybridized carbons (Fsp3) is 0. The van der Waals surface area contributed by atoms with E-state index in [-0.39, 0.29) is 0 Å². The molecule has 8 heteroatoms. The highest BCUT2D eigenvalue weighted by Gasteiger charge is 2.10. The molecule has 3 aromatic heterocycles. The van der Waals surface area contributed by atoms with E-state index in [4.69, 9.17) is 0 Å². The maximum Gasteiger partial charge on any atom is 0.146 e. The summed E-state index contributed by atoms with van der Waals surface area (Å²) in [5.41, 5.74) is 2.84. The summed E-state index contributed by atoms with van der Waals surface area (Å²) in [5, 5.41) is 5.30. The predicted molar refractivity (Wildman–Crippen MR) is 77.3 cm³/mol. The highest BCUT2D eigenvalue weighted by molar-refractivity contribution is 8.01. The Kier molecular flexibility index (Phi) is 2.92. The number of fused-ring (bicyclic) bond motifs is 1. The maximum atomic E-state index is 4.35. The van der Waals surface area contributed by atoms with Gasteiger partial charge in [0.2, 0.25) is 0 Å². The van der Waals surface area contributed by atoms with Crippen molar-refractivity contribution in [1.29, 1.82) is 0 Å². The van der Waals surface area contributed by atoms with Crippen LogP contribution in [-0.4, -0.2) is 23.9 Å². The Morgan fingerprint density at radius 3 is 2.94 bits per heavy atom. The van der Waals surface area contributed by atoms with Crippen molar-refractivity contribution in [3.05, 3.63) is 31.0 Å². The van der Waals surface area contributed by atoms with Crippen LogP contribution in [0.2, 0.25) is 0 Å². The van der Waals surface area contributed by atoms with Crippen molar-refractivity contribution in [2.45, 2.75) is 0 Å². The summed E-state index contributed by atoms with van der Waals surface area (Å²) < 4.78 is 3.79. The van der Waals surface area contributed by atoms with Gasteiger partial charge in [-0.1, -0.05) is 8.93 Å². The third kappa shape index (κ3) is 1.89. The van der Waals surface area contributed by atoms with Crippen LogP contribution in [0.1, 0.15) is 0 Å². The summed E-state index contributed by atoms with van der Waals surface area (Å²) >= 11 is 0. The fourth-order valence-corrected chi connectivity index (χ4v) is 2.77. The van der Waals surface area contributed by atoms with Crippen LogP contribution in [-0.2, 0) is 0 Å². The Balaban J connectivity index is 2.23. The lowest BCUT2D eigenvalue weighted by Gasteiger charge is -1.99. The van der Waals surface area contributed by atoms with E-state index >= 15 is 0 Å². The van der Waals surface area contributed by atoms with Gasteiger partial charge < -0.3 is 4.34 Å². The maximum absolute atomic E-state index is 4.35. The highest BCUT2D eigenvalue weighted by Crippen LogP contribution is 2.29. The molecular formula is C9H10N5P3. The van der Waals surface area contributed by atoms with Crippen LogP contribution in [0.3, 0.4) is 0 Å². The van der Waals surface area contributed by atoms with Crippen LogP contribution < -0.4 is 0 Å². The van der Waals surface area contributed by atoms with E-state index in [1.807, 2.05) is 33.4 Å². The molecule has 0 bridgehead atoms. The van der Waals surface area contributed by atoms with Gasteiger partial charge in [0.05, 0.1) is 11.9 Å². The third-order valence-corrected chi connectivity index (χ3v) is 4.22. The van der Waals surface area contributed by atoms with Crippen molar-refractivity contribution in [3.8, 4) is 11.3 Å². The number of hydrogen-bond donors (Lipinski definition) is 0. The van der Waals surface area contributed by atoms with Gasteiger partial charge in [-0.25, -0.2) is 9.97 Å². The Bertz CT molecular complexity index is 674. The molecule has 86 valence electrons. The SMILES string of the molecule is PPn1cc(-c2ncnc3c2ccn3P)cn1. The summed E-state index contributed by atoms with van der Waals surface area (Å²) in [6.45, 7) is 0. The molecule has 5 nitrogen and oxygen atoms in total. The largest absolute Gasteiger partial charge is 0.317 e. The molecule has 0 aliphatic heterocycles. The van der Waals surface area contributed by atoms with Crippen molar-refractivity contribution < 1.29 is 0 Å². The molecule has 0 aliphatic carbocycles. The van der Waals surface area contributed by atoms with Crippen LogP contribution in [0.4, 0.5) is 0 Å². The monoisotopic (exact) mass is 281 g/mol. The van der Waals surface area contributed by atoms with E-state index in [0.717, 1.165) is 22.3 Å². The topological polar surface area (TPSA) is 48.5 Å². The quantitative estimate of drug-likeness (QED) is 0.676. The van der Waals surface area contributed by atoms with E-state index in [1.54, 1.807) is 6.33 Å². The minimum atomic E-state index is 0.547. The molecule has 0 aromatic carbocycles. The first-order valence-electron chi connectivity index (χ1n) is 4.88. The first-order chi connectivity index (χ1) is 8.29. The minimum absolute atomic E-state index is 0.547. The van der Waals surface area contributed by atoms with Gasteiger partial charge in [0.1, 0.15) is 12.0 Å². The molecule has 0 saturated heterocycles. The van der Waals surface area contributed by atoms with E-state index in [9.17, 15) is 0 Å². The molecular weight excluding hydrogens is 271 g/mol. The van der Waals surface area contributed by atoms with Crippen molar-refractivity contribution in [2.75, 3.05) is 0 Å². The van der Waals surface area contributed by atoms with Gasteiger partial charge in [0.15, 0.2) is 0 Å². The molecule has 3 aromatic rings. The zero-order chi connectivity index (χ0) is 11.8. The standard InChI is InChI=1S/C9H10N5P3/c15-13-2-1-7-8(10-5-11-9(7)13)6-3-12-14(4-6)17-16/h1-5,17H,15-16H2. The third-order valence-electron chi connectivity index (χ3n) is 2.50. The molecule has 0 fully saturated rings. The van der Waals surface area contributed by atoms with Crippen LogP contribution in [0, 0.1) is 0 Å². The van der Waals surface area contributed by atoms with Crippen molar-refractivity contribution >= 4 is 37.8 Å². The minimum Gasteiger partial charge on any atom is -0.317 e. The first kappa shape index (κ1) is 11.2. The predicted octanol–water partition coefficient (Wildman–Crippen LogP) is 2.16. The smallest absolute Gasteiger partial charge is 0.146 e. The van der Waals surface area contributed by atoms with Gasteiger partial charge in [-0.2, -0.15) is 5.10 Å². The van der Waals surface area contributed by atoms with Crippen molar-refractivity contribution in [3.63, 3.8) is 0 Å². The van der Waals surface area contributed by atoms with Crippen molar-refractivity contribution in [2.24, 2.45) is 0 Å². The number of hydrogen-bond acceptors (Lipinski definition) is 3. The molecule has 3 unspecified atom stereocenters. The summed E-state index contributed by atoms with van der Waals surface area (Å²) in [6.07, 6.45) is 7.36. The number of nitrogens with zero attached hydrogens (tertiary/aromatic N) is 5. The van der Waals surface area contributed by atoms with Gasteiger partial charge in [-0.15, -0.1) is 0 Å². The molecule has 0 amide bonds. The summed E-state index contributed by atoms with van der Waals surface area (Å²) in [4.78, 5) is 8.60. The molecule has 0 spiro atoms. The van der Waals surface area contributed by atoms with E-state index in [0.29, 0.717) is 8.42 Å². The normalized spacial score (nSPS) is 11.9. The van der Waals surface area contributed by atoms with E-state index < -0.39 is 0 Å². The lowest BCUT2D eigenvalue weighted by atomic mass is 10.2. The zero-order valence-corrected chi connectivity index (χ0v) is 12.1. The zero-order valence-electron chi connectivity index (χ0n) is 8.78. The second kappa shape index (κ2) is 4.42. The van der Waals surface area contributed by atoms with Gasteiger partial charge in [-0.3, -0.25) is 4.45 Å². The van der Waals surface area contributed by atoms with E-state index in [1.165, 1.54) is 0 Å². The Labute approximate surface area is 104 Å². The molecule has 3 rings (SSSR count). The molecule has 0 radical (unpaired) electrons. The van der Waals surface area contributed by atoms with Crippen molar-refractivity contribution in [1.82, 2.24) is 23.9 Å². The van der Waals surface area contributed by atoms with E-state index in [2.05, 4.69) is 33.4 Å². The van der Waals surface area contributed by atoms with Crippen LogP contribution in [0.5, 0.6) is 0 Å². The van der Waals surface area contributed by atoms with Gasteiger partial charge >= 0.3 is 0 Å². The molecule has 3 heterocycles. The molecule has 3 atom stereocenters. The van der Waals surface area contributed by atoms with Crippen LogP contribution in [0.25, 0.3) is 22.3 Å². The average Bonchev–Trinajstić information content (AvgIpc) is 2.96. The lowest BCUT2D eigenvalue weighted by molar-refractivity contribution is 1.01. The average molecular weight is 281 g/mol.